The van der Waals surface area contributed by atoms with E-state index in [1.54, 1.807) is 0 Å². The molecule has 0 spiro atoms. The monoisotopic (exact) mass is 425 g/mol. The Morgan fingerprint density at radius 1 is 0.897 bits per heavy atom. The van der Waals surface area contributed by atoms with Crippen LogP contribution in [0, 0.1) is 5.92 Å². The van der Waals surface area contributed by atoms with E-state index in [1.165, 1.54) is 0 Å². The van der Waals surface area contributed by atoms with Crippen molar-refractivity contribution in [3.63, 3.8) is 0 Å². The fraction of sp³-hybridized carbons (Fsp3) is 0.765. The summed E-state index contributed by atoms with van der Waals surface area (Å²) in [5.74, 6) is -3.95. The van der Waals surface area contributed by atoms with E-state index in [-0.39, 0.29) is 13.0 Å². The highest BCUT2D eigenvalue weighted by Gasteiger charge is 2.15. The van der Waals surface area contributed by atoms with E-state index in [2.05, 4.69) is 5.32 Å². The Balaban J connectivity index is -0.000000352. The number of carboxylic acid groups (broad SMARTS) is 4. The molecule has 10 N–H and O–H groups in total. The molecule has 0 heterocycles. The molecule has 0 saturated heterocycles. The highest BCUT2D eigenvalue weighted by Crippen LogP contribution is 2.01. The Bertz CT molecular complexity index is 487. The first-order valence-electron chi connectivity index (χ1n) is 9.05. The van der Waals surface area contributed by atoms with Crippen LogP contribution in [0.25, 0.3) is 0 Å². The third-order valence-corrected chi connectivity index (χ3v) is 3.11. The maximum atomic E-state index is 10.4. The summed E-state index contributed by atoms with van der Waals surface area (Å²) in [5.41, 5.74) is 10.1. The van der Waals surface area contributed by atoms with Crippen molar-refractivity contribution in [1.29, 1.82) is 0 Å². The zero-order valence-corrected chi connectivity index (χ0v) is 17.1. The summed E-state index contributed by atoms with van der Waals surface area (Å²) in [5, 5.41) is 44.2. The molecule has 3 unspecified atom stereocenters. The number of rotatable bonds is 12. The fourth-order valence-corrected chi connectivity index (χ4v) is 1.64. The standard InChI is InChI=1S/C7H15NO3.C6H13NO2.C4H7NO4/c1-2-4-8-6(3-5-9)7(10)11;1-4(2)3-5(7)6(8)9;5-2(4(8)9)1-3(6)7/h6,8-9H,2-5H2,1H3,(H,10,11);4-5H,3,7H2,1-2H3,(H,8,9);2H,1,5H2,(H,6,7)(H,8,9). The quantitative estimate of drug-likeness (QED) is 0.191. The molecule has 0 rings (SSSR count). The Hall–Kier alpha value is -2.28. The number of carboxylic acids is 4. The number of nitrogens with two attached hydrogens (primary N) is 2. The first kappa shape index (κ1) is 31.4. The molecule has 0 aromatic heterocycles. The van der Waals surface area contributed by atoms with E-state index in [9.17, 15) is 19.2 Å². The Morgan fingerprint density at radius 2 is 1.38 bits per heavy atom. The number of carbonyl (C=O) groups is 4. The van der Waals surface area contributed by atoms with Gasteiger partial charge in [0.1, 0.15) is 18.1 Å². The van der Waals surface area contributed by atoms with E-state index in [0.717, 1.165) is 6.42 Å². The van der Waals surface area contributed by atoms with Crippen LogP contribution in [0.15, 0.2) is 0 Å². The largest absolute Gasteiger partial charge is 0.481 e. The third-order valence-electron chi connectivity index (χ3n) is 3.11. The average Bonchev–Trinajstić information content (AvgIpc) is 2.58. The summed E-state index contributed by atoms with van der Waals surface area (Å²) in [6.45, 7) is 6.45. The van der Waals surface area contributed by atoms with Crippen molar-refractivity contribution >= 4 is 23.9 Å². The highest BCUT2D eigenvalue weighted by molar-refractivity contribution is 5.80. The molecule has 0 radical (unpaired) electrons. The Morgan fingerprint density at radius 3 is 1.59 bits per heavy atom. The van der Waals surface area contributed by atoms with Gasteiger partial charge in [-0.15, -0.1) is 0 Å². The molecule has 0 aliphatic carbocycles. The Labute approximate surface area is 169 Å². The van der Waals surface area contributed by atoms with Gasteiger partial charge < -0.3 is 42.3 Å². The molecule has 12 nitrogen and oxygen atoms in total. The topological polar surface area (TPSA) is 233 Å². The lowest BCUT2D eigenvalue weighted by Gasteiger charge is -2.11. The van der Waals surface area contributed by atoms with Crippen molar-refractivity contribution in [1.82, 2.24) is 5.32 Å². The molecule has 0 aromatic carbocycles. The molecular formula is C17H35N3O9. The van der Waals surface area contributed by atoms with Crippen molar-refractivity contribution in [3.8, 4) is 0 Å². The Kier molecular flexibility index (Phi) is 20.6. The van der Waals surface area contributed by atoms with Gasteiger partial charge in [-0.25, -0.2) is 0 Å². The summed E-state index contributed by atoms with van der Waals surface area (Å²) in [6.07, 6.45) is 1.19. The molecule has 0 aromatic rings. The number of hydrogen-bond acceptors (Lipinski definition) is 8. The predicted molar refractivity (Wildman–Crippen MR) is 104 cm³/mol. The maximum Gasteiger partial charge on any atom is 0.321 e. The second-order valence-corrected chi connectivity index (χ2v) is 6.47. The van der Waals surface area contributed by atoms with E-state index in [4.69, 9.17) is 37.0 Å². The van der Waals surface area contributed by atoms with Gasteiger partial charge in [-0.2, -0.15) is 0 Å². The van der Waals surface area contributed by atoms with E-state index < -0.39 is 48.4 Å². The predicted octanol–water partition coefficient (Wildman–Crippen LogP) is -0.861. The van der Waals surface area contributed by atoms with Crippen LogP contribution in [0.4, 0.5) is 0 Å². The minimum Gasteiger partial charge on any atom is -0.481 e. The number of aliphatic hydroxyl groups is 1. The van der Waals surface area contributed by atoms with Crippen LogP contribution in [-0.2, 0) is 19.2 Å². The fourth-order valence-electron chi connectivity index (χ4n) is 1.64. The molecule has 0 aliphatic rings. The molecule has 3 atom stereocenters. The van der Waals surface area contributed by atoms with E-state index in [1.807, 2.05) is 20.8 Å². The van der Waals surface area contributed by atoms with Gasteiger partial charge >= 0.3 is 23.9 Å². The van der Waals surface area contributed by atoms with Gasteiger partial charge in [0, 0.05) is 6.61 Å². The van der Waals surface area contributed by atoms with Gasteiger partial charge in [0.25, 0.3) is 0 Å². The molecule has 12 heteroatoms. The SMILES string of the molecule is CC(C)CC(N)C(=O)O.CCCNC(CCO)C(=O)O.NC(CC(=O)O)C(=O)O. The second-order valence-electron chi connectivity index (χ2n) is 6.47. The summed E-state index contributed by atoms with van der Waals surface area (Å²) >= 11 is 0. The average molecular weight is 425 g/mol. The van der Waals surface area contributed by atoms with E-state index >= 15 is 0 Å². The molecular weight excluding hydrogens is 390 g/mol. The van der Waals surface area contributed by atoms with Gasteiger partial charge in [-0.3, -0.25) is 19.2 Å². The van der Waals surface area contributed by atoms with Crippen molar-refractivity contribution in [2.24, 2.45) is 17.4 Å². The smallest absolute Gasteiger partial charge is 0.321 e. The summed E-state index contributed by atoms with van der Waals surface area (Å²) in [7, 11) is 0. The van der Waals surface area contributed by atoms with Gasteiger partial charge in [-0.1, -0.05) is 20.8 Å². The molecule has 29 heavy (non-hydrogen) atoms. The molecule has 0 aliphatic heterocycles. The normalized spacial score (nSPS) is 13.1. The first-order chi connectivity index (χ1) is 13.3. The van der Waals surface area contributed by atoms with Crippen LogP contribution in [0.5, 0.6) is 0 Å². The first-order valence-corrected chi connectivity index (χ1v) is 9.05. The zero-order valence-electron chi connectivity index (χ0n) is 17.1. The highest BCUT2D eigenvalue weighted by atomic mass is 16.4. The molecule has 0 bridgehead atoms. The minimum atomic E-state index is -1.29. The van der Waals surface area contributed by atoms with Crippen molar-refractivity contribution in [3.05, 3.63) is 0 Å². The van der Waals surface area contributed by atoms with Crippen molar-refractivity contribution in [2.75, 3.05) is 13.2 Å². The number of aliphatic hydroxyl groups excluding tert-OH is 1. The van der Waals surface area contributed by atoms with E-state index in [0.29, 0.717) is 18.9 Å². The van der Waals surface area contributed by atoms with Crippen LogP contribution in [0.2, 0.25) is 0 Å². The maximum absolute atomic E-state index is 10.4. The lowest BCUT2D eigenvalue weighted by molar-refractivity contribution is -0.144. The van der Waals surface area contributed by atoms with Gasteiger partial charge in [-0.05, 0) is 31.7 Å². The third kappa shape index (κ3) is 23.7. The van der Waals surface area contributed by atoms with Crippen LogP contribution < -0.4 is 16.8 Å². The second kappa shape index (κ2) is 19.1. The van der Waals surface area contributed by atoms with Crippen LogP contribution in [-0.4, -0.2) is 80.7 Å². The van der Waals surface area contributed by atoms with Crippen molar-refractivity contribution < 1.29 is 44.7 Å². The van der Waals surface area contributed by atoms with Gasteiger partial charge in [0.2, 0.25) is 0 Å². The lowest BCUT2D eigenvalue weighted by atomic mass is 10.1. The zero-order chi connectivity index (χ0) is 23.6. The van der Waals surface area contributed by atoms with Gasteiger partial charge in [0.15, 0.2) is 0 Å². The van der Waals surface area contributed by atoms with Crippen LogP contribution in [0.1, 0.15) is 46.5 Å². The minimum absolute atomic E-state index is 0.0896. The van der Waals surface area contributed by atoms with Crippen LogP contribution >= 0.6 is 0 Å². The summed E-state index contributed by atoms with van der Waals surface area (Å²) in [4.78, 5) is 40.1. The number of aliphatic carboxylic acids is 4. The number of nitrogens with one attached hydrogen (secondary N) is 1. The van der Waals surface area contributed by atoms with Gasteiger partial charge in [0.05, 0.1) is 6.42 Å². The number of hydrogen-bond donors (Lipinski definition) is 8. The lowest BCUT2D eigenvalue weighted by Crippen LogP contribution is -2.37. The molecule has 0 fully saturated rings. The molecule has 0 saturated carbocycles. The summed E-state index contributed by atoms with van der Waals surface area (Å²) < 4.78 is 0. The molecule has 0 amide bonds. The summed E-state index contributed by atoms with van der Waals surface area (Å²) in [6, 6.07) is -2.58. The van der Waals surface area contributed by atoms with Crippen molar-refractivity contribution in [2.45, 2.75) is 64.6 Å². The molecule has 172 valence electrons. The van der Waals surface area contributed by atoms with Crippen LogP contribution in [0.3, 0.4) is 0 Å².